The van der Waals surface area contributed by atoms with Gasteiger partial charge in [-0.15, -0.1) is 0 Å². The van der Waals surface area contributed by atoms with Gasteiger partial charge < -0.3 is 15.7 Å². The lowest BCUT2D eigenvalue weighted by molar-refractivity contribution is 0.279. The standard InChI is InChI=1S/C14H21BrN2O/c15-13-6-1-7-14(12(13)10-16)17-8-2-4-11(17)5-3-9-18/h1,6-7,11,18H,2-5,8-10,16H2. The van der Waals surface area contributed by atoms with Crippen molar-refractivity contribution in [3.05, 3.63) is 28.2 Å². The molecule has 18 heavy (non-hydrogen) atoms. The number of anilines is 1. The third-order valence-corrected chi connectivity index (χ3v) is 4.42. The van der Waals surface area contributed by atoms with Crippen molar-refractivity contribution in [3.8, 4) is 0 Å². The molecule has 0 saturated carbocycles. The summed E-state index contributed by atoms with van der Waals surface area (Å²) in [4.78, 5) is 2.46. The number of aliphatic hydroxyl groups is 1. The Morgan fingerprint density at radius 2 is 2.28 bits per heavy atom. The Hall–Kier alpha value is -0.580. The predicted octanol–water partition coefficient (Wildman–Crippen LogP) is 2.65. The summed E-state index contributed by atoms with van der Waals surface area (Å²) in [6.45, 7) is 1.94. The number of aliphatic hydroxyl groups excluding tert-OH is 1. The summed E-state index contributed by atoms with van der Waals surface area (Å²) < 4.78 is 1.09. The smallest absolute Gasteiger partial charge is 0.0431 e. The van der Waals surface area contributed by atoms with Gasteiger partial charge in [0.2, 0.25) is 0 Å². The number of nitrogens with two attached hydrogens (primary N) is 1. The first-order valence-electron chi connectivity index (χ1n) is 6.63. The quantitative estimate of drug-likeness (QED) is 0.878. The summed E-state index contributed by atoms with van der Waals surface area (Å²) in [6.07, 6.45) is 4.39. The number of nitrogens with zero attached hydrogens (tertiary/aromatic N) is 1. The summed E-state index contributed by atoms with van der Waals surface area (Å²) in [6, 6.07) is 6.83. The second-order valence-corrected chi connectivity index (χ2v) is 5.65. The molecule has 1 aromatic carbocycles. The zero-order valence-electron chi connectivity index (χ0n) is 10.6. The third-order valence-electron chi connectivity index (χ3n) is 3.68. The minimum absolute atomic E-state index is 0.284. The fraction of sp³-hybridized carbons (Fsp3) is 0.571. The van der Waals surface area contributed by atoms with Crippen LogP contribution in [0.4, 0.5) is 5.69 Å². The van der Waals surface area contributed by atoms with E-state index in [2.05, 4.69) is 33.0 Å². The van der Waals surface area contributed by atoms with Gasteiger partial charge in [0, 0.05) is 41.5 Å². The van der Waals surface area contributed by atoms with Gasteiger partial charge >= 0.3 is 0 Å². The Labute approximate surface area is 117 Å². The highest BCUT2D eigenvalue weighted by molar-refractivity contribution is 9.10. The highest BCUT2D eigenvalue weighted by Crippen LogP contribution is 2.33. The van der Waals surface area contributed by atoms with E-state index < -0.39 is 0 Å². The molecule has 100 valence electrons. The minimum Gasteiger partial charge on any atom is -0.396 e. The molecular weight excluding hydrogens is 292 g/mol. The van der Waals surface area contributed by atoms with Gasteiger partial charge in [0.15, 0.2) is 0 Å². The van der Waals surface area contributed by atoms with Crippen molar-refractivity contribution in [2.45, 2.75) is 38.3 Å². The van der Waals surface area contributed by atoms with Crippen LogP contribution in [0.2, 0.25) is 0 Å². The van der Waals surface area contributed by atoms with Crippen LogP contribution in [-0.2, 0) is 6.54 Å². The summed E-state index contributed by atoms with van der Waals surface area (Å²) in [5.74, 6) is 0. The molecule has 0 aromatic heterocycles. The molecule has 3 nitrogen and oxygen atoms in total. The number of hydrogen-bond donors (Lipinski definition) is 2. The van der Waals surface area contributed by atoms with Crippen LogP contribution >= 0.6 is 15.9 Å². The average Bonchev–Trinajstić information content (AvgIpc) is 2.84. The van der Waals surface area contributed by atoms with E-state index in [-0.39, 0.29) is 6.61 Å². The van der Waals surface area contributed by atoms with E-state index in [9.17, 15) is 0 Å². The van der Waals surface area contributed by atoms with E-state index in [1.54, 1.807) is 0 Å². The van der Waals surface area contributed by atoms with Gasteiger partial charge in [-0.3, -0.25) is 0 Å². The molecule has 0 radical (unpaired) electrons. The lowest BCUT2D eigenvalue weighted by atomic mass is 10.1. The highest BCUT2D eigenvalue weighted by Gasteiger charge is 2.26. The second kappa shape index (κ2) is 6.55. The molecule has 3 N–H and O–H groups in total. The van der Waals surface area contributed by atoms with Gasteiger partial charge in [0.25, 0.3) is 0 Å². The minimum atomic E-state index is 0.284. The summed E-state index contributed by atoms with van der Waals surface area (Å²) in [5.41, 5.74) is 8.31. The van der Waals surface area contributed by atoms with Crippen molar-refractivity contribution in [1.82, 2.24) is 0 Å². The van der Waals surface area contributed by atoms with Crippen LogP contribution in [0.5, 0.6) is 0 Å². The number of rotatable bonds is 5. The van der Waals surface area contributed by atoms with Gasteiger partial charge in [-0.1, -0.05) is 22.0 Å². The molecule has 0 amide bonds. The maximum absolute atomic E-state index is 8.98. The first-order valence-corrected chi connectivity index (χ1v) is 7.42. The Bertz CT molecular complexity index is 397. The molecule has 1 unspecified atom stereocenters. The molecule has 1 heterocycles. The molecule has 1 aliphatic heterocycles. The van der Waals surface area contributed by atoms with Crippen molar-refractivity contribution < 1.29 is 5.11 Å². The third kappa shape index (κ3) is 2.87. The molecule has 1 aromatic rings. The van der Waals surface area contributed by atoms with Crippen LogP contribution < -0.4 is 10.6 Å². The lowest BCUT2D eigenvalue weighted by Gasteiger charge is -2.29. The van der Waals surface area contributed by atoms with Crippen LogP contribution in [0.25, 0.3) is 0 Å². The number of benzene rings is 1. The van der Waals surface area contributed by atoms with Crippen molar-refractivity contribution in [2.24, 2.45) is 5.73 Å². The maximum Gasteiger partial charge on any atom is 0.0431 e. The SMILES string of the molecule is NCc1c(Br)cccc1N1CCCC1CCCO. The van der Waals surface area contributed by atoms with E-state index in [1.165, 1.54) is 24.1 Å². The summed E-state index contributed by atoms with van der Waals surface area (Å²) in [5, 5.41) is 8.98. The first kappa shape index (κ1) is 13.8. The van der Waals surface area contributed by atoms with Crippen LogP contribution in [-0.4, -0.2) is 24.3 Å². The molecule has 4 heteroatoms. The molecule has 2 rings (SSSR count). The fourth-order valence-electron chi connectivity index (χ4n) is 2.80. The first-order chi connectivity index (χ1) is 8.77. The molecule has 0 bridgehead atoms. The van der Waals surface area contributed by atoms with Crippen LogP contribution in [0, 0.1) is 0 Å². The number of hydrogen-bond acceptors (Lipinski definition) is 3. The predicted molar refractivity (Wildman–Crippen MR) is 78.7 cm³/mol. The second-order valence-electron chi connectivity index (χ2n) is 4.80. The normalized spacial score (nSPS) is 19.5. The van der Waals surface area contributed by atoms with Crippen molar-refractivity contribution in [1.29, 1.82) is 0 Å². The molecule has 0 spiro atoms. The van der Waals surface area contributed by atoms with Gasteiger partial charge in [-0.2, -0.15) is 0 Å². The summed E-state index contributed by atoms with van der Waals surface area (Å²) in [7, 11) is 0. The largest absolute Gasteiger partial charge is 0.396 e. The maximum atomic E-state index is 8.98. The van der Waals surface area contributed by atoms with Gasteiger partial charge in [0.1, 0.15) is 0 Å². The van der Waals surface area contributed by atoms with E-state index in [0.717, 1.165) is 23.9 Å². The van der Waals surface area contributed by atoms with Crippen LogP contribution in [0.3, 0.4) is 0 Å². The molecule has 1 atom stereocenters. The monoisotopic (exact) mass is 312 g/mol. The molecule has 1 saturated heterocycles. The van der Waals surface area contributed by atoms with Crippen molar-refractivity contribution >= 4 is 21.6 Å². The van der Waals surface area contributed by atoms with E-state index in [0.29, 0.717) is 12.6 Å². The van der Waals surface area contributed by atoms with E-state index in [4.69, 9.17) is 10.8 Å². The van der Waals surface area contributed by atoms with E-state index in [1.807, 2.05) is 6.07 Å². The van der Waals surface area contributed by atoms with Crippen LogP contribution in [0.15, 0.2) is 22.7 Å². The Balaban J connectivity index is 2.21. The average molecular weight is 313 g/mol. The zero-order valence-corrected chi connectivity index (χ0v) is 12.2. The van der Waals surface area contributed by atoms with Gasteiger partial charge in [-0.05, 0) is 37.8 Å². The Morgan fingerprint density at radius 1 is 1.44 bits per heavy atom. The lowest BCUT2D eigenvalue weighted by Crippen LogP contribution is -2.30. The number of halogens is 1. The molecule has 0 aliphatic carbocycles. The highest BCUT2D eigenvalue weighted by atomic mass is 79.9. The Kier molecular flexibility index (Phi) is 5.03. The van der Waals surface area contributed by atoms with Crippen molar-refractivity contribution in [3.63, 3.8) is 0 Å². The van der Waals surface area contributed by atoms with Gasteiger partial charge in [-0.25, -0.2) is 0 Å². The van der Waals surface area contributed by atoms with Crippen molar-refractivity contribution in [2.75, 3.05) is 18.1 Å². The molecule has 1 aliphatic rings. The molecular formula is C14H21BrN2O. The zero-order chi connectivity index (χ0) is 13.0. The van der Waals surface area contributed by atoms with Crippen LogP contribution in [0.1, 0.15) is 31.2 Å². The summed E-state index contributed by atoms with van der Waals surface area (Å²) >= 11 is 3.58. The fourth-order valence-corrected chi connectivity index (χ4v) is 3.32. The molecule has 1 fully saturated rings. The van der Waals surface area contributed by atoms with Gasteiger partial charge in [0.05, 0.1) is 0 Å². The van der Waals surface area contributed by atoms with E-state index >= 15 is 0 Å². The Morgan fingerprint density at radius 3 is 3.00 bits per heavy atom. The topological polar surface area (TPSA) is 49.5 Å².